The van der Waals surface area contributed by atoms with Gasteiger partial charge in [0.05, 0.1) is 4.92 Å². The Kier molecular flexibility index (Phi) is 4.18. The van der Waals surface area contributed by atoms with Crippen LogP contribution in [0.15, 0.2) is 41.8 Å². The highest BCUT2D eigenvalue weighted by molar-refractivity contribution is 7.92. The van der Waals surface area contributed by atoms with Gasteiger partial charge in [-0.1, -0.05) is 6.08 Å². The van der Waals surface area contributed by atoms with E-state index in [-0.39, 0.29) is 12.2 Å². The number of nitro benzene ring substituents is 1. The average Bonchev–Trinajstić information content (AvgIpc) is 2.44. The Bertz CT molecular complexity index is 719. The molecule has 7 nitrogen and oxygen atoms in total. The monoisotopic (exact) mass is 308 g/mol. The van der Waals surface area contributed by atoms with Crippen molar-refractivity contribution < 1.29 is 18.1 Å². The molecule has 0 atom stereocenters. The molecular weight excluding hydrogens is 296 g/mol. The fourth-order valence-corrected chi connectivity index (χ4v) is 2.97. The highest BCUT2D eigenvalue weighted by atomic mass is 32.2. The maximum absolute atomic E-state index is 11.9. The quantitative estimate of drug-likeness (QED) is 0.481. The molecule has 1 aromatic carbocycles. The first-order chi connectivity index (χ1) is 9.90. The van der Waals surface area contributed by atoms with Gasteiger partial charge in [0.25, 0.3) is 21.6 Å². The van der Waals surface area contributed by atoms with Gasteiger partial charge in [-0.3, -0.25) is 14.9 Å². The highest BCUT2D eigenvalue weighted by Gasteiger charge is 2.25. The van der Waals surface area contributed by atoms with Crippen LogP contribution in [0.25, 0.3) is 6.08 Å². The second-order valence-corrected chi connectivity index (χ2v) is 6.04. The summed E-state index contributed by atoms with van der Waals surface area (Å²) < 4.78 is 24.1. The summed E-state index contributed by atoms with van der Waals surface area (Å²) in [5.74, 6) is -0.641. The zero-order valence-electron chi connectivity index (χ0n) is 10.9. The summed E-state index contributed by atoms with van der Waals surface area (Å²) in [5, 5.41) is 11.5. The Morgan fingerprint density at radius 2 is 1.95 bits per heavy atom. The van der Waals surface area contributed by atoms with Gasteiger partial charge in [-0.05, 0) is 30.2 Å². The molecule has 0 aromatic heterocycles. The van der Waals surface area contributed by atoms with E-state index in [4.69, 9.17) is 0 Å². The van der Waals surface area contributed by atoms with Crippen molar-refractivity contribution in [3.05, 3.63) is 57.5 Å². The van der Waals surface area contributed by atoms with Crippen LogP contribution in [0.5, 0.6) is 0 Å². The van der Waals surface area contributed by atoms with Crippen molar-refractivity contribution in [2.24, 2.45) is 0 Å². The van der Waals surface area contributed by atoms with Crippen LogP contribution in [0.1, 0.15) is 12.0 Å². The molecule has 1 aliphatic rings. The summed E-state index contributed by atoms with van der Waals surface area (Å²) >= 11 is 0. The standard InChI is InChI=1S/C13H12N2O5S/c16-13(14-9-1-2-10-21(14,19)20)8-5-11-3-6-12(7-4-11)15(17)18/h2-8,10H,1,9H2/b8-5+. The van der Waals surface area contributed by atoms with E-state index in [0.29, 0.717) is 12.0 Å². The maximum Gasteiger partial charge on any atom is 0.269 e. The first-order valence-corrected chi connectivity index (χ1v) is 7.56. The Morgan fingerprint density at radius 1 is 1.29 bits per heavy atom. The Labute approximate surface area is 121 Å². The predicted octanol–water partition coefficient (Wildman–Crippen LogP) is 1.68. The van der Waals surface area contributed by atoms with Gasteiger partial charge in [0.15, 0.2) is 0 Å². The van der Waals surface area contributed by atoms with E-state index in [9.17, 15) is 23.3 Å². The van der Waals surface area contributed by atoms with Gasteiger partial charge < -0.3 is 0 Å². The van der Waals surface area contributed by atoms with Gasteiger partial charge in [-0.15, -0.1) is 0 Å². The lowest BCUT2D eigenvalue weighted by Gasteiger charge is -2.21. The van der Waals surface area contributed by atoms with E-state index in [1.165, 1.54) is 36.4 Å². The van der Waals surface area contributed by atoms with Gasteiger partial charge in [0.2, 0.25) is 0 Å². The lowest BCUT2D eigenvalue weighted by atomic mass is 10.2. The van der Waals surface area contributed by atoms with Crippen molar-refractivity contribution in [1.82, 2.24) is 4.31 Å². The number of carbonyl (C=O) groups is 1. The summed E-state index contributed by atoms with van der Waals surface area (Å²) in [6.07, 6.45) is 4.53. The summed E-state index contributed by atoms with van der Waals surface area (Å²) in [7, 11) is -3.68. The third-order valence-electron chi connectivity index (χ3n) is 2.84. The molecule has 1 aromatic rings. The fourth-order valence-electron chi connectivity index (χ4n) is 1.78. The van der Waals surface area contributed by atoms with Crippen LogP contribution >= 0.6 is 0 Å². The summed E-state index contributed by atoms with van der Waals surface area (Å²) in [4.78, 5) is 21.9. The average molecular weight is 308 g/mol. The molecule has 0 spiro atoms. The second-order valence-electron chi connectivity index (χ2n) is 4.30. The van der Waals surface area contributed by atoms with E-state index in [1.54, 1.807) is 0 Å². The molecule has 21 heavy (non-hydrogen) atoms. The molecule has 0 saturated heterocycles. The Balaban J connectivity index is 2.12. The number of sulfonamides is 1. The lowest BCUT2D eigenvalue weighted by Crippen LogP contribution is -2.36. The van der Waals surface area contributed by atoms with Crippen LogP contribution in [0.3, 0.4) is 0 Å². The van der Waals surface area contributed by atoms with Crippen molar-refractivity contribution in [3.8, 4) is 0 Å². The first-order valence-electron chi connectivity index (χ1n) is 6.06. The van der Waals surface area contributed by atoms with Gasteiger partial charge >= 0.3 is 0 Å². The number of carbonyl (C=O) groups excluding carboxylic acids is 1. The van der Waals surface area contributed by atoms with E-state index in [0.717, 1.165) is 15.8 Å². The van der Waals surface area contributed by atoms with E-state index < -0.39 is 20.9 Å². The summed E-state index contributed by atoms with van der Waals surface area (Å²) in [5.41, 5.74) is 0.515. The van der Waals surface area contributed by atoms with Crippen molar-refractivity contribution in [2.45, 2.75) is 6.42 Å². The number of rotatable bonds is 3. The molecule has 1 heterocycles. The summed E-state index contributed by atoms with van der Waals surface area (Å²) in [6, 6.07) is 5.58. The SMILES string of the molecule is O=C(/C=C/c1ccc([N+](=O)[O-])cc1)N1CCC=CS1(=O)=O. The van der Waals surface area contributed by atoms with Crippen molar-refractivity contribution >= 4 is 27.7 Å². The number of nitrogens with zero attached hydrogens (tertiary/aromatic N) is 2. The number of hydrogen-bond donors (Lipinski definition) is 0. The largest absolute Gasteiger partial charge is 0.269 e. The zero-order valence-corrected chi connectivity index (χ0v) is 11.7. The topological polar surface area (TPSA) is 97.6 Å². The van der Waals surface area contributed by atoms with Gasteiger partial charge in [-0.2, -0.15) is 0 Å². The molecule has 0 bridgehead atoms. The van der Waals surface area contributed by atoms with Crippen LogP contribution in [0.4, 0.5) is 5.69 Å². The number of amides is 1. The van der Waals surface area contributed by atoms with Crippen molar-refractivity contribution in [3.63, 3.8) is 0 Å². The van der Waals surface area contributed by atoms with Crippen LogP contribution in [0, 0.1) is 10.1 Å². The first kappa shape index (κ1) is 14.9. The third-order valence-corrected chi connectivity index (χ3v) is 4.36. The van der Waals surface area contributed by atoms with Crippen molar-refractivity contribution in [2.75, 3.05) is 6.54 Å². The molecule has 8 heteroatoms. The Hall–Kier alpha value is -2.48. The van der Waals surface area contributed by atoms with E-state index in [2.05, 4.69) is 0 Å². The molecule has 0 saturated carbocycles. The molecule has 1 amide bonds. The smallest absolute Gasteiger partial charge is 0.269 e. The normalized spacial score (nSPS) is 17.0. The van der Waals surface area contributed by atoms with Gasteiger partial charge in [0.1, 0.15) is 0 Å². The minimum absolute atomic E-state index is 0.0535. The van der Waals surface area contributed by atoms with Crippen molar-refractivity contribution in [1.29, 1.82) is 0 Å². The molecule has 2 rings (SSSR count). The minimum atomic E-state index is -3.68. The van der Waals surface area contributed by atoms with Gasteiger partial charge in [0, 0.05) is 30.2 Å². The molecule has 0 fully saturated rings. The summed E-state index contributed by atoms with van der Waals surface area (Å²) in [6.45, 7) is 0.113. The maximum atomic E-state index is 11.9. The van der Waals surface area contributed by atoms with E-state index in [1.807, 2.05) is 0 Å². The highest BCUT2D eigenvalue weighted by Crippen LogP contribution is 2.15. The molecule has 1 aliphatic heterocycles. The molecular formula is C13H12N2O5S. The predicted molar refractivity (Wildman–Crippen MR) is 76.5 cm³/mol. The van der Waals surface area contributed by atoms with Crippen LogP contribution in [0.2, 0.25) is 0 Å². The molecule has 0 N–H and O–H groups in total. The Morgan fingerprint density at radius 3 is 2.52 bits per heavy atom. The number of non-ortho nitro benzene ring substituents is 1. The number of benzene rings is 1. The number of hydrogen-bond acceptors (Lipinski definition) is 5. The fraction of sp³-hybridized carbons (Fsp3) is 0.154. The minimum Gasteiger partial charge on any atom is -0.269 e. The van der Waals surface area contributed by atoms with Crippen LogP contribution in [-0.4, -0.2) is 30.1 Å². The zero-order chi connectivity index (χ0) is 15.5. The molecule has 0 aliphatic carbocycles. The molecule has 0 unspecified atom stereocenters. The van der Waals surface area contributed by atoms with Crippen LogP contribution < -0.4 is 0 Å². The van der Waals surface area contributed by atoms with Crippen LogP contribution in [-0.2, 0) is 14.8 Å². The molecule has 0 radical (unpaired) electrons. The lowest BCUT2D eigenvalue weighted by molar-refractivity contribution is -0.384. The van der Waals surface area contributed by atoms with Gasteiger partial charge in [-0.25, -0.2) is 12.7 Å². The third kappa shape index (κ3) is 3.54. The second kappa shape index (κ2) is 5.88. The molecule has 110 valence electrons. The van der Waals surface area contributed by atoms with E-state index >= 15 is 0 Å². The number of nitro groups is 1.